The van der Waals surface area contributed by atoms with Crippen molar-refractivity contribution < 1.29 is 9.18 Å². The van der Waals surface area contributed by atoms with Gasteiger partial charge in [0, 0.05) is 36.8 Å². The predicted octanol–water partition coefficient (Wildman–Crippen LogP) is 2.64. The number of rotatable bonds is 5. The van der Waals surface area contributed by atoms with E-state index < -0.39 is 0 Å². The number of nitrogens with zero attached hydrogens (tertiary/aromatic N) is 3. The summed E-state index contributed by atoms with van der Waals surface area (Å²) >= 11 is 0. The van der Waals surface area contributed by atoms with Crippen molar-refractivity contribution in [2.45, 2.75) is 38.4 Å². The summed E-state index contributed by atoms with van der Waals surface area (Å²) in [7, 11) is 0. The number of aromatic nitrogens is 2. The van der Waals surface area contributed by atoms with Gasteiger partial charge in [0.25, 0.3) is 0 Å². The average Bonchev–Trinajstić information content (AvgIpc) is 3.32. The Morgan fingerprint density at radius 1 is 1.12 bits per heavy atom. The van der Waals surface area contributed by atoms with Gasteiger partial charge in [0.05, 0.1) is 12.4 Å². The molecule has 4 rings (SSSR count). The molecule has 2 aromatic rings. The molecule has 1 aromatic carbocycles. The first-order chi connectivity index (χ1) is 12.2. The van der Waals surface area contributed by atoms with E-state index in [0.717, 1.165) is 56.7 Å². The van der Waals surface area contributed by atoms with Gasteiger partial charge in [0.1, 0.15) is 5.82 Å². The lowest BCUT2D eigenvalue weighted by atomic mass is 9.96. The van der Waals surface area contributed by atoms with Gasteiger partial charge in [-0.25, -0.2) is 4.39 Å². The standard InChI is InChI=1S/C19H23FN4O/c20-16-3-1-14(2-4-16)18-9-12-24(22-18)13-23-10-7-15(8-11-23)19(25)21-17-5-6-17/h1-4,9,12,15,17H,5-8,10-11,13H2,(H,21,25). The SMILES string of the molecule is O=C(NC1CC1)C1CCN(Cn2ccc(-c3ccc(F)cc3)n2)CC1. The first-order valence-corrected chi connectivity index (χ1v) is 8.99. The minimum Gasteiger partial charge on any atom is -0.353 e. The smallest absolute Gasteiger partial charge is 0.223 e. The van der Waals surface area contributed by atoms with E-state index in [9.17, 15) is 9.18 Å². The summed E-state index contributed by atoms with van der Waals surface area (Å²) in [6.07, 6.45) is 6.04. The van der Waals surface area contributed by atoms with Crippen LogP contribution in [0.3, 0.4) is 0 Å². The van der Waals surface area contributed by atoms with Crippen LogP contribution in [0.4, 0.5) is 4.39 Å². The number of carbonyl (C=O) groups excluding carboxylic acids is 1. The van der Waals surface area contributed by atoms with Gasteiger partial charge in [0.15, 0.2) is 0 Å². The molecule has 2 aliphatic rings. The fourth-order valence-electron chi connectivity index (χ4n) is 3.30. The highest BCUT2D eigenvalue weighted by atomic mass is 19.1. The van der Waals surface area contributed by atoms with Gasteiger partial charge >= 0.3 is 0 Å². The number of benzene rings is 1. The molecular formula is C19H23FN4O. The normalized spacial score (nSPS) is 19.1. The topological polar surface area (TPSA) is 50.2 Å². The maximum Gasteiger partial charge on any atom is 0.223 e. The van der Waals surface area contributed by atoms with Crippen LogP contribution in [0.5, 0.6) is 0 Å². The van der Waals surface area contributed by atoms with Crippen molar-refractivity contribution in [2.75, 3.05) is 13.1 Å². The van der Waals surface area contributed by atoms with Crippen LogP contribution < -0.4 is 5.32 Å². The van der Waals surface area contributed by atoms with Gasteiger partial charge in [-0.05, 0) is 56.0 Å². The second-order valence-electron chi connectivity index (χ2n) is 7.06. The Hall–Kier alpha value is -2.21. The highest BCUT2D eigenvalue weighted by molar-refractivity contribution is 5.79. The first kappa shape index (κ1) is 16.3. The Balaban J connectivity index is 1.30. The van der Waals surface area contributed by atoms with Gasteiger partial charge in [-0.1, -0.05) is 0 Å². The maximum absolute atomic E-state index is 13.0. The van der Waals surface area contributed by atoms with Crippen molar-refractivity contribution >= 4 is 5.91 Å². The summed E-state index contributed by atoms with van der Waals surface area (Å²) in [5, 5.41) is 7.69. The predicted molar refractivity (Wildman–Crippen MR) is 93.1 cm³/mol. The Kier molecular flexibility index (Phi) is 4.53. The summed E-state index contributed by atoms with van der Waals surface area (Å²) in [5.74, 6) is 0.154. The van der Waals surface area contributed by atoms with Crippen LogP contribution in [0.1, 0.15) is 25.7 Å². The molecule has 2 heterocycles. The molecule has 1 aromatic heterocycles. The third-order valence-corrected chi connectivity index (χ3v) is 5.01. The number of likely N-dealkylation sites (tertiary alicyclic amines) is 1. The molecular weight excluding hydrogens is 319 g/mol. The molecule has 6 heteroatoms. The summed E-state index contributed by atoms with van der Waals surface area (Å²) in [6.45, 7) is 2.54. The lowest BCUT2D eigenvalue weighted by molar-refractivity contribution is -0.126. The summed E-state index contributed by atoms with van der Waals surface area (Å²) < 4.78 is 14.9. The van der Waals surface area contributed by atoms with Gasteiger partial charge in [-0.3, -0.25) is 14.4 Å². The van der Waals surface area contributed by atoms with E-state index in [1.54, 1.807) is 12.1 Å². The molecule has 1 saturated carbocycles. The molecule has 132 valence electrons. The van der Waals surface area contributed by atoms with Gasteiger partial charge in [-0.15, -0.1) is 0 Å². The van der Waals surface area contributed by atoms with E-state index in [-0.39, 0.29) is 17.6 Å². The Labute approximate surface area is 146 Å². The van der Waals surface area contributed by atoms with Crippen molar-refractivity contribution in [3.63, 3.8) is 0 Å². The lowest BCUT2D eigenvalue weighted by Gasteiger charge is -2.31. The highest BCUT2D eigenvalue weighted by Gasteiger charge is 2.29. The quantitative estimate of drug-likeness (QED) is 0.909. The molecule has 0 radical (unpaired) electrons. The first-order valence-electron chi connectivity index (χ1n) is 8.99. The second-order valence-corrected chi connectivity index (χ2v) is 7.06. The third-order valence-electron chi connectivity index (χ3n) is 5.01. The van der Waals surface area contributed by atoms with Crippen molar-refractivity contribution in [1.82, 2.24) is 20.0 Å². The number of hydrogen-bond donors (Lipinski definition) is 1. The van der Waals surface area contributed by atoms with Gasteiger partial charge in [0.2, 0.25) is 5.91 Å². The van der Waals surface area contributed by atoms with Crippen molar-refractivity contribution in [3.05, 3.63) is 42.3 Å². The molecule has 0 atom stereocenters. The number of piperidine rings is 1. The monoisotopic (exact) mass is 342 g/mol. The van der Waals surface area contributed by atoms with Crippen molar-refractivity contribution in [3.8, 4) is 11.3 Å². The minimum absolute atomic E-state index is 0.157. The number of amides is 1. The molecule has 1 aliphatic carbocycles. The Morgan fingerprint density at radius 2 is 1.84 bits per heavy atom. The molecule has 0 bridgehead atoms. The van der Waals surface area contributed by atoms with E-state index in [1.165, 1.54) is 12.1 Å². The molecule has 5 nitrogen and oxygen atoms in total. The summed E-state index contributed by atoms with van der Waals surface area (Å²) in [6, 6.07) is 8.78. The number of carbonyl (C=O) groups is 1. The van der Waals surface area contributed by atoms with Gasteiger partial charge < -0.3 is 5.32 Å². The van der Waals surface area contributed by atoms with E-state index >= 15 is 0 Å². The maximum atomic E-state index is 13.0. The zero-order valence-corrected chi connectivity index (χ0v) is 14.2. The molecule has 25 heavy (non-hydrogen) atoms. The fourth-order valence-corrected chi connectivity index (χ4v) is 3.30. The van der Waals surface area contributed by atoms with Crippen LogP contribution in [-0.4, -0.2) is 39.7 Å². The molecule has 1 amide bonds. The Bertz CT molecular complexity index is 730. The second kappa shape index (κ2) is 6.96. The zero-order valence-electron chi connectivity index (χ0n) is 14.2. The van der Waals surface area contributed by atoms with Crippen LogP contribution in [0.15, 0.2) is 36.5 Å². The van der Waals surface area contributed by atoms with Crippen LogP contribution in [-0.2, 0) is 11.5 Å². The molecule has 2 fully saturated rings. The molecule has 1 N–H and O–H groups in total. The molecule has 0 unspecified atom stereocenters. The fraction of sp³-hybridized carbons (Fsp3) is 0.474. The molecule has 1 aliphatic heterocycles. The van der Waals surface area contributed by atoms with E-state index in [1.807, 2.05) is 16.9 Å². The van der Waals surface area contributed by atoms with Crippen LogP contribution in [0.2, 0.25) is 0 Å². The number of halogens is 1. The van der Waals surface area contributed by atoms with E-state index in [4.69, 9.17) is 0 Å². The van der Waals surface area contributed by atoms with Crippen molar-refractivity contribution in [1.29, 1.82) is 0 Å². The molecule has 0 spiro atoms. The molecule has 1 saturated heterocycles. The van der Waals surface area contributed by atoms with Gasteiger partial charge in [-0.2, -0.15) is 5.10 Å². The highest BCUT2D eigenvalue weighted by Crippen LogP contribution is 2.23. The van der Waals surface area contributed by atoms with Crippen LogP contribution >= 0.6 is 0 Å². The third kappa shape index (κ3) is 4.07. The number of hydrogen-bond acceptors (Lipinski definition) is 3. The average molecular weight is 342 g/mol. The minimum atomic E-state index is -0.239. The van der Waals surface area contributed by atoms with E-state index in [0.29, 0.717) is 6.04 Å². The lowest BCUT2D eigenvalue weighted by Crippen LogP contribution is -2.41. The zero-order chi connectivity index (χ0) is 17.2. The summed E-state index contributed by atoms with van der Waals surface area (Å²) in [5.41, 5.74) is 1.76. The van der Waals surface area contributed by atoms with E-state index in [2.05, 4.69) is 15.3 Å². The van der Waals surface area contributed by atoms with Crippen LogP contribution in [0, 0.1) is 11.7 Å². The van der Waals surface area contributed by atoms with Crippen molar-refractivity contribution in [2.24, 2.45) is 5.92 Å². The summed E-state index contributed by atoms with van der Waals surface area (Å²) in [4.78, 5) is 14.4. The Morgan fingerprint density at radius 3 is 2.52 bits per heavy atom. The number of nitrogens with one attached hydrogen (secondary N) is 1. The van der Waals surface area contributed by atoms with Crippen LogP contribution in [0.25, 0.3) is 11.3 Å². The largest absolute Gasteiger partial charge is 0.353 e.